The lowest BCUT2D eigenvalue weighted by Crippen LogP contribution is -2.17. The summed E-state index contributed by atoms with van der Waals surface area (Å²) in [6.45, 7) is 1.86. The quantitative estimate of drug-likeness (QED) is 0.559. The lowest BCUT2D eigenvalue weighted by Gasteiger charge is -2.07. The Kier molecular flexibility index (Phi) is 3.92. The van der Waals surface area contributed by atoms with Crippen LogP contribution in [-0.2, 0) is 0 Å². The van der Waals surface area contributed by atoms with E-state index in [4.69, 9.17) is 10.5 Å². The zero-order valence-corrected chi connectivity index (χ0v) is 14.5. The number of carbonyl (C=O) groups excluding carboxylic acids is 1. The maximum atomic E-state index is 11.8. The van der Waals surface area contributed by atoms with E-state index in [0.717, 1.165) is 5.69 Å². The van der Waals surface area contributed by atoms with Gasteiger partial charge in [0.2, 0.25) is 5.88 Å². The van der Waals surface area contributed by atoms with Crippen LogP contribution in [-0.4, -0.2) is 37.6 Å². The van der Waals surface area contributed by atoms with E-state index in [2.05, 4.69) is 30.2 Å². The molecule has 3 aromatic heterocycles. The smallest absolute Gasteiger partial charge is 0.251 e. The SMILES string of the molecule is CNC(=O)c1cccc(Oc2cn3c(C)c(-c4nonc4N)nc3cn2)c1. The molecule has 3 heterocycles. The highest BCUT2D eigenvalue weighted by Crippen LogP contribution is 2.27. The number of carbonyl (C=O) groups is 1. The van der Waals surface area contributed by atoms with Crippen molar-refractivity contribution < 1.29 is 14.2 Å². The Bertz CT molecular complexity index is 1150. The number of fused-ring (bicyclic) bond motifs is 1. The van der Waals surface area contributed by atoms with Crippen molar-refractivity contribution in [2.24, 2.45) is 0 Å². The molecule has 0 aliphatic carbocycles. The van der Waals surface area contributed by atoms with Crippen molar-refractivity contribution in [2.45, 2.75) is 6.92 Å². The highest BCUT2D eigenvalue weighted by Gasteiger charge is 2.18. The van der Waals surface area contributed by atoms with Crippen molar-refractivity contribution in [3.05, 3.63) is 47.9 Å². The van der Waals surface area contributed by atoms with Gasteiger partial charge in [0.1, 0.15) is 11.4 Å². The van der Waals surface area contributed by atoms with E-state index < -0.39 is 0 Å². The summed E-state index contributed by atoms with van der Waals surface area (Å²) in [5.74, 6) is 0.801. The summed E-state index contributed by atoms with van der Waals surface area (Å²) in [6.07, 6.45) is 3.26. The third-order valence-corrected chi connectivity index (χ3v) is 4.01. The molecule has 0 aliphatic rings. The van der Waals surface area contributed by atoms with Crippen LogP contribution in [0.5, 0.6) is 11.6 Å². The molecule has 1 aromatic carbocycles. The summed E-state index contributed by atoms with van der Waals surface area (Å²) in [7, 11) is 1.57. The van der Waals surface area contributed by atoms with Gasteiger partial charge in [-0.25, -0.2) is 14.6 Å². The first-order chi connectivity index (χ1) is 13.1. The highest BCUT2D eigenvalue weighted by molar-refractivity contribution is 5.94. The summed E-state index contributed by atoms with van der Waals surface area (Å²) in [5.41, 5.74) is 8.54. The molecule has 0 bridgehead atoms. The van der Waals surface area contributed by atoms with Crippen molar-refractivity contribution >= 4 is 17.4 Å². The summed E-state index contributed by atoms with van der Waals surface area (Å²) in [4.78, 5) is 20.5. The average molecular weight is 365 g/mol. The van der Waals surface area contributed by atoms with Crippen molar-refractivity contribution in [3.63, 3.8) is 0 Å². The number of benzene rings is 1. The molecule has 4 rings (SSSR count). The van der Waals surface area contributed by atoms with Gasteiger partial charge in [0.25, 0.3) is 5.91 Å². The minimum Gasteiger partial charge on any atom is -0.438 e. The zero-order chi connectivity index (χ0) is 19.0. The average Bonchev–Trinajstić information content (AvgIpc) is 3.24. The molecule has 0 unspecified atom stereocenters. The molecule has 4 aromatic rings. The summed E-state index contributed by atoms with van der Waals surface area (Å²) < 4.78 is 12.2. The van der Waals surface area contributed by atoms with Crippen LogP contribution in [0.1, 0.15) is 16.1 Å². The number of nitrogen functional groups attached to an aromatic ring is 1. The van der Waals surface area contributed by atoms with E-state index in [-0.39, 0.29) is 11.7 Å². The molecule has 0 spiro atoms. The van der Waals surface area contributed by atoms with Crippen molar-refractivity contribution in [2.75, 3.05) is 12.8 Å². The maximum Gasteiger partial charge on any atom is 0.251 e. The number of rotatable bonds is 4. The van der Waals surface area contributed by atoms with Crippen LogP contribution in [0.2, 0.25) is 0 Å². The molecule has 0 aliphatic heterocycles. The number of imidazole rings is 1. The van der Waals surface area contributed by atoms with Gasteiger partial charge in [0.05, 0.1) is 12.4 Å². The molecule has 0 atom stereocenters. The summed E-state index contributed by atoms with van der Waals surface area (Å²) >= 11 is 0. The van der Waals surface area contributed by atoms with Crippen molar-refractivity contribution in [1.29, 1.82) is 0 Å². The Labute approximate surface area is 152 Å². The monoisotopic (exact) mass is 365 g/mol. The van der Waals surface area contributed by atoms with Gasteiger partial charge in [-0.2, -0.15) is 0 Å². The number of hydrogen-bond acceptors (Lipinski definition) is 8. The first kappa shape index (κ1) is 16.5. The Morgan fingerprint density at radius 1 is 1.30 bits per heavy atom. The molecule has 0 radical (unpaired) electrons. The zero-order valence-electron chi connectivity index (χ0n) is 14.5. The number of nitrogens with zero attached hydrogens (tertiary/aromatic N) is 5. The van der Waals surface area contributed by atoms with E-state index >= 15 is 0 Å². The highest BCUT2D eigenvalue weighted by atomic mass is 16.6. The molecule has 0 fully saturated rings. The van der Waals surface area contributed by atoms with E-state index in [1.807, 2.05) is 6.92 Å². The Balaban J connectivity index is 1.69. The molecular formula is C17H15N7O3. The van der Waals surface area contributed by atoms with Gasteiger partial charge in [-0.05, 0) is 35.4 Å². The van der Waals surface area contributed by atoms with Gasteiger partial charge >= 0.3 is 0 Å². The van der Waals surface area contributed by atoms with Gasteiger partial charge < -0.3 is 15.8 Å². The van der Waals surface area contributed by atoms with Crippen LogP contribution in [0.4, 0.5) is 5.82 Å². The number of ether oxygens (including phenoxy) is 1. The Morgan fingerprint density at radius 2 is 2.15 bits per heavy atom. The summed E-state index contributed by atoms with van der Waals surface area (Å²) in [6, 6.07) is 6.81. The molecule has 3 N–H and O–H groups in total. The first-order valence-electron chi connectivity index (χ1n) is 8.00. The number of aryl methyl sites for hydroxylation is 1. The topological polar surface area (TPSA) is 133 Å². The number of anilines is 1. The minimum atomic E-state index is -0.197. The molecule has 10 heteroatoms. The van der Waals surface area contributed by atoms with E-state index in [1.165, 1.54) is 0 Å². The van der Waals surface area contributed by atoms with Crippen LogP contribution in [0, 0.1) is 6.92 Å². The number of amides is 1. The van der Waals surface area contributed by atoms with Crippen LogP contribution in [0.15, 0.2) is 41.3 Å². The van der Waals surface area contributed by atoms with Gasteiger partial charge in [-0.1, -0.05) is 6.07 Å². The largest absolute Gasteiger partial charge is 0.438 e. The maximum absolute atomic E-state index is 11.8. The second kappa shape index (κ2) is 6.41. The number of hydrogen-bond donors (Lipinski definition) is 2. The number of nitrogens with two attached hydrogens (primary N) is 1. The third kappa shape index (κ3) is 2.92. The van der Waals surface area contributed by atoms with Gasteiger partial charge in [-0.15, -0.1) is 0 Å². The fraction of sp³-hybridized carbons (Fsp3) is 0.118. The van der Waals surface area contributed by atoms with Crippen LogP contribution in [0.3, 0.4) is 0 Å². The minimum absolute atomic E-state index is 0.164. The Hall–Kier alpha value is -3.95. The molecule has 27 heavy (non-hydrogen) atoms. The molecule has 0 saturated carbocycles. The van der Waals surface area contributed by atoms with E-state index in [0.29, 0.717) is 34.2 Å². The van der Waals surface area contributed by atoms with Crippen LogP contribution < -0.4 is 15.8 Å². The van der Waals surface area contributed by atoms with Gasteiger partial charge in [0, 0.05) is 18.3 Å². The fourth-order valence-corrected chi connectivity index (χ4v) is 2.66. The van der Waals surface area contributed by atoms with E-state index in [1.54, 1.807) is 48.1 Å². The van der Waals surface area contributed by atoms with E-state index in [9.17, 15) is 4.79 Å². The summed E-state index contributed by atoms with van der Waals surface area (Å²) in [5, 5.41) is 9.94. The van der Waals surface area contributed by atoms with Crippen LogP contribution in [0.25, 0.3) is 17.0 Å². The molecular weight excluding hydrogens is 350 g/mol. The normalized spacial score (nSPS) is 10.9. The third-order valence-electron chi connectivity index (χ3n) is 4.01. The fourth-order valence-electron chi connectivity index (χ4n) is 2.66. The first-order valence-corrected chi connectivity index (χ1v) is 8.00. The van der Waals surface area contributed by atoms with Gasteiger partial charge in [0.15, 0.2) is 17.2 Å². The second-order valence-corrected chi connectivity index (χ2v) is 5.71. The predicted octanol–water partition coefficient (Wildman–Crippen LogP) is 1.82. The molecule has 0 saturated heterocycles. The van der Waals surface area contributed by atoms with Crippen LogP contribution >= 0.6 is 0 Å². The Morgan fingerprint density at radius 3 is 2.89 bits per heavy atom. The lowest BCUT2D eigenvalue weighted by atomic mass is 10.2. The number of aromatic nitrogens is 5. The lowest BCUT2D eigenvalue weighted by molar-refractivity contribution is 0.0963. The predicted molar refractivity (Wildman–Crippen MR) is 95.3 cm³/mol. The van der Waals surface area contributed by atoms with Crippen molar-refractivity contribution in [1.82, 2.24) is 30.0 Å². The molecule has 1 amide bonds. The van der Waals surface area contributed by atoms with Gasteiger partial charge in [-0.3, -0.25) is 9.20 Å². The molecule has 10 nitrogen and oxygen atoms in total. The standard InChI is InChI=1S/C17H15N7O3/c1-9-14(15-16(18)23-27-22-15)21-12-7-20-13(8-24(9)12)26-11-5-3-4-10(6-11)17(25)19-2/h3-8H,1-2H3,(H2,18,23)(H,19,25). The molecule has 136 valence electrons. The second-order valence-electron chi connectivity index (χ2n) is 5.71. The number of nitrogens with one attached hydrogen (secondary N) is 1. The van der Waals surface area contributed by atoms with Crippen molar-refractivity contribution in [3.8, 4) is 23.0 Å².